The molecule has 8 nitrogen and oxygen atoms in total. The van der Waals surface area contributed by atoms with E-state index in [2.05, 4.69) is 5.32 Å². The predicted octanol–water partition coefficient (Wildman–Crippen LogP) is 1.37. The number of carbonyl (C=O) groups is 3. The van der Waals surface area contributed by atoms with E-state index in [1.165, 1.54) is 4.90 Å². The number of aliphatic hydroxyl groups is 2. The molecule has 1 aliphatic heterocycles. The molecule has 148 valence electrons. The van der Waals surface area contributed by atoms with E-state index in [1.807, 2.05) is 0 Å². The molecule has 1 aromatic carbocycles. The Kier molecular flexibility index (Phi) is 6.22. The van der Waals surface area contributed by atoms with Gasteiger partial charge in [0.15, 0.2) is 0 Å². The molecule has 1 saturated heterocycles. The van der Waals surface area contributed by atoms with Crippen molar-refractivity contribution in [1.29, 1.82) is 0 Å². The highest BCUT2D eigenvalue weighted by atomic mass is 16.4. The molecule has 0 saturated carbocycles. The van der Waals surface area contributed by atoms with Gasteiger partial charge < -0.3 is 20.6 Å². The zero-order valence-electron chi connectivity index (χ0n) is 15.6. The standard InChI is InChI=1S/C19H26N2O6/c1-3-19(4-2,17(26)27)16(25)20-13-7-5-6-8-14(13)21-15(24)9-10-18(21,11-22)12-23/h5-8,22-23H,3-4,9-12H2,1-2H3,(H,20,25)(H,26,27). The number of para-hydroxylation sites is 2. The number of benzene rings is 1. The third-order valence-electron chi connectivity index (χ3n) is 5.56. The van der Waals surface area contributed by atoms with E-state index in [1.54, 1.807) is 38.1 Å². The monoisotopic (exact) mass is 378 g/mol. The van der Waals surface area contributed by atoms with Crippen molar-refractivity contribution in [2.24, 2.45) is 5.41 Å². The number of amides is 2. The van der Waals surface area contributed by atoms with Gasteiger partial charge in [0.05, 0.1) is 30.1 Å². The van der Waals surface area contributed by atoms with E-state index < -0.39 is 36.0 Å². The second-order valence-corrected chi connectivity index (χ2v) is 6.84. The SMILES string of the molecule is CCC(CC)(C(=O)O)C(=O)Nc1ccccc1N1C(=O)CCC1(CO)CO. The summed E-state index contributed by atoms with van der Waals surface area (Å²) in [5, 5.41) is 31.8. The van der Waals surface area contributed by atoms with Crippen LogP contribution in [0, 0.1) is 5.41 Å². The van der Waals surface area contributed by atoms with Gasteiger partial charge in [-0.3, -0.25) is 19.3 Å². The smallest absolute Gasteiger partial charge is 0.319 e. The van der Waals surface area contributed by atoms with Crippen LogP contribution in [0.4, 0.5) is 11.4 Å². The molecule has 0 spiro atoms. The van der Waals surface area contributed by atoms with E-state index in [-0.39, 0.29) is 37.3 Å². The maximum Gasteiger partial charge on any atom is 0.319 e. The zero-order valence-corrected chi connectivity index (χ0v) is 15.6. The molecule has 2 amide bonds. The first-order valence-corrected chi connectivity index (χ1v) is 9.00. The minimum absolute atomic E-state index is 0.118. The quantitative estimate of drug-likeness (QED) is 0.506. The number of rotatable bonds is 8. The molecule has 1 aliphatic rings. The summed E-state index contributed by atoms with van der Waals surface area (Å²) in [7, 11) is 0. The Bertz CT molecular complexity index is 725. The molecule has 4 N–H and O–H groups in total. The summed E-state index contributed by atoms with van der Waals surface area (Å²) < 4.78 is 0. The van der Waals surface area contributed by atoms with Crippen molar-refractivity contribution < 1.29 is 29.7 Å². The largest absolute Gasteiger partial charge is 0.480 e. The lowest BCUT2D eigenvalue weighted by Crippen LogP contribution is -2.52. The molecule has 1 fully saturated rings. The van der Waals surface area contributed by atoms with Crippen LogP contribution < -0.4 is 10.2 Å². The van der Waals surface area contributed by atoms with Crippen molar-refractivity contribution in [3.8, 4) is 0 Å². The summed E-state index contributed by atoms with van der Waals surface area (Å²) in [6.45, 7) is 2.41. The van der Waals surface area contributed by atoms with Crippen LogP contribution in [0.1, 0.15) is 39.5 Å². The summed E-state index contributed by atoms with van der Waals surface area (Å²) in [5.74, 6) is -2.16. The molecule has 0 bridgehead atoms. The van der Waals surface area contributed by atoms with Gasteiger partial charge in [0.2, 0.25) is 11.8 Å². The molecule has 0 aromatic heterocycles. The molecule has 8 heteroatoms. The Morgan fingerprint density at radius 3 is 2.30 bits per heavy atom. The lowest BCUT2D eigenvalue weighted by molar-refractivity contribution is -0.154. The number of carbonyl (C=O) groups excluding carboxylic acids is 2. The molecule has 27 heavy (non-hydrogen) atoms. The van der Waals surface area contributed by atoms with Crippen LogP contribution in [-0.4, -0.2) is 51.9 Å². The van der Waals surface area contributed by atoms with Crippen molar-refractivity contribution in [1.82, 2.24) is 0 Å². The van der Waals surface area contributed by atoms with Crippen LogP contribution in [0.25, 0.3) is 0 Å². The van der Waals surface area contributed by atoms with Gasteiger partial charge in [-0.1, -0.05) is 26.0 Å². The third kappa shape index (κ3) is 3.42. The Hall–Kier alpha value is -2.45. The fourth-order valence-corrected chi connectivity index (χ4v) is 3.55. The Morgan fingerprint density at radius 2 is 1.78 bits per heavy atom. The van der Waals surface area contributed by atoms with Crippen LogP contribution in [0.2, 0.25) is 0 Å². The van der Waals surface area contributed by atoms with E-state index in [9.17, 15) is 29.7 Å². The van der Waals surface area contributed by atoms with Gasteiger partial charge in [0.1, 0.15) is 5.41 Å². The third-order valence-corrected chi connectivity index (χ3v) is 5.56. The highest BCUT2D eigenvalue weighted by molar-refractivity contribution is 6.10. The summed E-state index contributed by atoms with van der Waals surface area (Å²) >= 11 is 0. The predicted molar refractivity (Wildman–Crippen MR) is 99.3 cm³/mol. The lowest BCUT2D eigenvalue weighted by Gasteiger charge is -2.36. The maximum absolute atomic E-state index is 12.8. The lowest BCUT2D eigenvalue weighted by atomic mass is 9.81. The minimum atomic E-state index is -1.58. The van der Waals surface area contributed by atoms with E-state index in [4.69, 9.17) is 0 Å². The first kappa shape index (κ1) is 20.9. The number of carboxylic acid groups (broad SMARTS) is 1. The number of hydrogen-bond acceptors (Lipinski definition) is 5. The number of carboxylic acids is 1. The summed E-state index contributed by atoms with van der Waals surface area (Å²) in [4.78, 5) is 38.3. The zero-order chi connectivity index (χ0) is 20.2. The summed E-state index contributed by atoms with van der Waals surface area (Å²) in [5.41, 5.74) is -2.15. The van der Waals surface area contributed by atoms with E-state index >= 15 is 0 Å². The van der Waals surface area contributed by atoms with Crippen LogP contribution in [0.3, 0.4) is 0 Å². The molecule has 0 atom stereocenters. The van der Waals surface area contributed by atoms with Crippen molar-refractivity contribution in [3.63, 3.8) is 0 Å². The molecule has 0 radical (unpaired) electrons. The Morgan fingerprint density at radius 1 is 1.19 bits per heavy atom. The van der Waals surface area contributed by atoms with Gasteiger partial charge in [-0.2, -0.15) is 0 Å². The van der Waals surface area contributed by atoms with Crippen LogP contribution in [-0.2, 0) is 14.4 Å². The second kappa shape index (κ2) is 8.06. The van der Waals surface area contributed by atoms with Gasteiger partial charge in [0, 0.05) is 6.42 Å². The normalized spacial score (nSPS) is 16.4. The number of aliphatic hydroxyl groups excluding tert-OH is 2. The van der Waals surface area contributed by atoms with Crippen molar-refractivity contribution >= 4 is 29.2 Å². The van der Waals surface area contributed by atoms with Gasteiger partial charge in [-0.15, -0.1) is 0 Å². The average molecular weight is 378 g/mol. The van der Waals surface area contributed by atoms with Crippen molar-refractivity contribution in [3.05, 3.63) is 24.3 Å². The van der Waals surface area contributed by atoms with Gasteiger partial charge in [-0.05, 0) is 31.4 Å². The number of nitrogens with one attached hydrogen (secondary N) is 1. The topological polar surface area (TPSA) is 127 Å². The number of anilines is 2. The molecule has 1 aromatic rings. The Balaban J connectivity index is 2.46. The van der Waals surface area contributed by atoms with Gasteiger partial charge in [0.25, 0.3) is 0 Å². The Labute approximate surface area is 157 Å². The fraction of sp³-hybridized carbons (Fsp3) is 0.526. The first-order valence-electron chi connectivity index (χ1n) is 9.00. The molecule has 0 aliphatic carbocycles. The average Bonchev–Trinajstić information content (AvgIpc) is 3.00. The molecule has 0 unspecified atom stereocenters. The fourth-order valence-electron chi connectivity index (χ4n) is 3.55. The van der Waals surface area contributed by atoms with Crippen molar-refractivity contribution in [2.75, 3.05) is 23.4 Å². The molecule has 1 heterocycles. The van der Waals surface area contributed by atoms with Crippen molar-refractivity contribution in [2.45, 2.75) is 45.1 Å². The molecular weight excluding hydrogens is 352 g/mol. The van der Waals surface area contributed by atoms with E-state index in [0.717, 1.165) is 0 Å². The number of nitrogens with zero attached hydrogens (tertiary/aromatic N) is 1. The van der Waals surface area contributed by atoms with Crippen LogP contribution in [0.5, 0.6) is 0 Å². The molecule has 2 rings (SSSR count). The number of hydrogen-bond donors (Lipinski definition) is 4. The highest BCUT2D eigenvalue weighted by Gasteiger charge is 2.47. The van der Waals surface area contributed by atoms with Crippen LogP contribution >= 0.6 is 0 Å². The van der Waals surface area contributed by atoms with E-state index in [0.29, 0.717) is 5.69 Å². The number of aliphatic carboxylic acids is 1. The summed E-state index contributed by atoms with van der Waals surface area (Å²) in [6, 6.07) is 6.48. The molecular formula is C19H26N2O6. The summed E-state index contributed by atoms with van der Waals surface area (Å²) in [6.07, 6.45) is 0.676. The van der Waals surface area contributed by atoms with Gasteiger partial charge >= 0.3 is 5.97 Å². The first-order chi connectivity index (χ1) is 12.8. The minimum Gasteiger partial charge on any atom is -0.480 e. The maximum atomic E-state index is 12.8. The second-order valence-electron chi connectivity index (χ2n) is 6.84. The van der Waals surface area contributed by atoms with Gasteiger partial charge in [-0.25, -0.2) is 0 Å². The highest BCUT2D eigenvalue weighted by Crippen LogP contribution is 2.39. The van der Waals surface area contributed by atoms with Crippen LogP contribution in [0.15, 0.2) is 24.3 Å².